The smallest absolute Gasteiger partial charge is 0.306 e. The number of benzene rings is 1. The van der Waals surface area contributed by atoms with Gasteiger partial charge < -0.3 is 10.4 Å². The second-order valence-corrected chi connectivity index (χ2v) is 6.53. The quantitative estimate of drug-likeness (QED) is 0.793. The molecule has 0 atom stereocenters. The number of rotatable bonds is 6. The van der Waals surface area contributed by atoms with Crippen LogP contribution in [-0.2, 0) is 9.59 Å². The minimum atomic E-state index is -0.709. The summed E-state index contributed by atoms with van der Waals surface area (Å²) in [6.07, 6.45) is 3.37. The molecule has 2 rings (SSSR count). The Balaban J connectivity index is 1.63. The van der Waals surface area contributed by atoms with Gasteiger partial charge in [-0.3, -0.25) is 9.59 Å². The lowest BCUT2D eigenvalue weighted by Gasteiger charge is -2.26. The van der Waals surface area contributed by atoms with Crippen LogP contribution < -0.4 is 5.32 Å². The normalized spacial score (nSPS) is 21.7. The lowest BCUT2D eigenvalue weighted by atomic mass is 9.86. The molecule has 0 radical (unpaired) electrons. The molecule has 1 amide bonds. The van der Waals surface area contributed by atoms with Crippen molar-refractivity contribution in [2.75, 3.05) is 5.75 Å². The van der Waals surface area contributed by atoms with Crippen molar-refractivity contribution in [1.82, 2.24) is 5.32 Å². The minimum absolute atomic E-state index is 0.0669. The van der Waals surface area contributed by atoms with E-state index in [2.05, 4.69) is 5.32 Å². The zero-order chi connectivity index (χ0) is 15.1. The average Bonchev–Trinajstić information content (AvgIpc) is 2.49. The van der Waals surface area contributed by atoms with Gasteiger partial charge in [0, 0.05) is 23.1 Å². The van der Waals surface area contributed by atoms with E-state index in [9.17, 15) is 9.59 Å². The van der Waals surface area contributed by atoms with Crippen molar-refractivity contribution in [2.45, 2.75) is 43.0 Å². The number of amides is 1. The van der Waals surface area contributed by atoms with Crippen LogP contribution in [0.5, 0.6) is 0 Å². The lowest BCUT2D eigenvalue weighted by Crippen LogP contribution is -2.38. The van der Waals surface area contributed by atoms with Crippen LogP contribution in [0.3, 0.4) is 0 Å². The van der Waals surface area contributed by atoms with Gasteiger partial charge in [-0.1, -0.05) is 18.2 Å². The molecular weight excluding hydrogens is 286 g/mol. The first-order valence-electron chi connectivity index (χ1n) is 7.35. The summed E-state index contributed by atoms with van der Waals surface area (Å²) in [5, 5.41) is 12.0. The summed E-state index contributed by atoms with van der Waals surface area (Å²) in [6, 6.07) is 10.2. The molecule has 0 aliphatic heterocycles. The van der Waals surface area contributed by atoms with E-state index < -0.39 is 5.97 Å². The Hall–Kier alpha value is -1.49. The highest BCUT2D eigenvalue weighted by atomic mass is 32.2. The number of thioether (sulfide) groups is 1. The Bertz CT molecular complexity index is 470. The van der Waals surface area contributed by atoms with Crippen LogP contribution in [0, 0.1) is 5.92 Å². The van der Waals surface area contributed by atoms with Crippen molar-refractivity contribution in [3.05, 3.63) is 30.3 Å². The summed E-state index contributed by atoms with van der Waals surface area (Å²) in [5.41, 5.74) is 0. The van der Waals surface area contributed by atoms with E-state index in [1.165, 1.54) is 4.90 Å². The van der Waals surface area contributed by atoms with E-state index in [1.807, 2.05) is 30.3 Å². The molecule has 0 unspecified atom stereocenters. The van der Waals surface area contributed by atoms with Gasteiger partial charge in [0.2, 0.25) is 5.91 Å². The molecule has 0 heterocycles. The summed E-state index contributed by atoms with van der Waals surface area (Å²) in [6.45, 7) is 0. The second kappa shape index (κ2) is 8.08. The summed E-state index contributed by atoms with van der Waals surface area (Å²) in [4.78, 5) is 23.9. The third-order valence-electron chi connectivity index (χ3n) is 3.78. The fraction of sp³-hybridized carbons (Fsp3) is 0.500. The Labute approximate surface area is 129 Å². The molecule has 0 aromatic heterocycles. The van der Waals surface area contributed by atoms with Gasteiger partial charge in [0.25, 0.3) is 0 Å². The first-order chi connectivity index (χ1) is 10.1. The molecule has 1 aliphatic rings. The standard InChI is InChI=1S/C16H21NO3S/c18-15(10-11-21-14-4-2-1-3-5-14)17-13-8-6-12(7-9-13)16(19)20/h1-5,12-13H,6-11H2,(H,17,18)(H,19,20). The molecule has 1 fully saturated rings. The number of hydrogen-bond donors (Lipinski definition) is 2. The number of aliphatic carboxylic acids is 1. The summed E-state index contributed by atoms with van der Waals surface area (Å²) in [7, 11) is 0. The van der Waals surface area contributed by atoms with Crippen LogP contribution >= 0.6 is 11.8 Å². The maximum absolute atomic E-state index is 11.9. The largest absolute Gasteiger partial charge is 0.481 e. The van der Waals surface area contributed by atoms with Gasteiger partial charge in [0.15, 0.2) is 0 Å². The highest BCUT2D eigenvalue weighted by Gasteiger charge is 2.26. The highest BCUT2D eigenvalue weighted by Crippen LogP contribution is 2.24. The van der Waals surface area contributed by atoms with Gasteiger partial charge in [-0.15, -0.1) is 11.8 Å². The Morgan fingerprint density at radius 1 is 1.14 bits per heavy atom. The predicted octanol–water partition coefficient (Wildman–Crippen LogP) is 2.93. The number of carboxylic acid groups (broad SMARTS) is 1. The zero-order valence-electron chi connectivity index (χ0n) is 12.0. The van der Waals surface area contributed by atoms with Crippen LogP contribution in [0.1, 0.15) is 32.1 Å². The topological polar surface area (TPSA) is 66.4 Å². The second-order valence-electron chi connectivity index (χ2n) is 5.37. The van der Waals surface area contributed by atoms with Crippen molar-refractivity contribution in [3.63, 3.8) is 0 Å². The van der Waals surface area contributed by atoms with E-state index in [1.54, 1.807) is 11.8 Å². The Kier molecular flexibility index (Phi) is 6.11. The van der Waals surface area contributed by atoms with Crippen LogP contribution in [0.25, 0.3) is 0 Å². The van der Waals surface area contributed by atoms with Gasteiger partial charge in [-0.2, -0.15) is 0 Å². The molecule has 1 saturated carbocycles. The van der Waals surface area contributed by atoms with Gasteiger partial charge in [0.1, 0.15) is 0 Å². The zero-order valence-corrected chi connectivity index (χ0v) is 12.8. The molecule has 0 bridgehead atoms. The molecular formula is C16H21NO3S. The van der Waals surface area contributed by atoms with Gasteiger partial charge >= 0.3 is 5.97 Å². The van der Waals surface area contributed by atoms with E-state index in [0.29, 0.717) is 19.3 Å². The molecule has 4 nitrogen and oxygen atoms in total. The third kappa shape index (κ3) is 5.42. The fourth-order valence-corrected chi connectivity index (χ4v) is 3.44. The molecule has 0 saturated heterocycles. The van der Waals surface area contributed by atoms with E-state index in [-0.39, 0.29) is 17.9 Å². The summed E-state index contributed by atoms with van der Waals surface area (Å²) in [5.74, 6) is -0.108. The van der Waals surface area contributed by atoms with Crippen LogP contribution in [-0.4, -0.2) is 28.8 Å². The molecule has 1 aromatic carbocycles. The maximum Gasteiger partial charge on any atom is 0.306 e. The number of carbonyl (C=O) groups is 2. The van der Waals surface area contributed by atoms with Crippen LogP contribution in [0.15, 0.2) is 35.2 Å². The fourth-order valence-electron chi connectivity index (χ4n) is 2.56. The lowest BCUT2D eigenvalue weighted by molar-refractivity contribution is -0.142. The van der Waals surface area contributed by atoms with Gasteiger partial charge in [-0.05, 0) is 37.8 Å². The SMILES string of the molecule is O=C(CCSc1ccccc1)NC1CCC(C(=O)O)CC1. The third-order valence-corrected chi connectivity index (χ3v) is 4.80. The average molecular weight is 307 g/mol. The number of hydrogen-bond acceptors (Lipinski definition) is 3. The van der Waals surface area contributed by atoms with Crippen LogP contribution in [0.4, 0.5) is 0 Å². The van der Waals surface area contributed by atoms with Crippen molar-refractivity contribution in [2.24, 2.45) is 5.92 Å². The Morgan fingerprint density at radius 2 is 1.81 bits per heavy atom. The van der Waals surface area contributed by atoms with Gasteiger partial charge in [-0.25, -0.2) is 0 Å². The Morgan fingerprint density at radius 3 is 2.43 bits per heavy atom. The molecule has 0 spiro atoms. The number of nitrogens with one attached hydrogen (secondary N) is 1. The van der Waals surface area contributed by atoms with Crippen molar-refractivity contribution >= 4 is 23.6 Å². The summed E-state index contributed by atoms with van der Waals surface area (Å²) >= 11 is 1.68. The van der Waals surface area contributed by atoms with E-state index in [4.69, 9.17) is 5.11 Å². The molecule has 5 heteroatoms. The molecule has 1 aromatic rings. The monoisotopic (exact) mass is 307 g/mol. The number of carbonyl (C=O) groups excluding carboxylic acids is 1. The molecule has 2 N–H and O–H groups in total. The molecule has 21 heavy (non-hydrogen) atoms. The molecule has 114 valence electrons. The first kappa shape index (κ1) is 15.9. The maximum atomic E-state index is 11.9. The highest BCUT2D eigenvalue weighted by molar-refractivity contribution is 7.99. The van der Waals surface area contributed by atoms with Crippen molar-refractivity contribution in [3.8, 4) is 0 Å². The van der Waals surface area contributed by atoms with Crippen molar-refractivity contribution in [1.29, 1.82) is 0 Å². The van der Waals surface area contributed by atoms with Crippen LogP contribution in [0.2, 0.25) is 0 Å². The summed E-state index contributed by atoms with van der Waals surface area (Å²) < 4.78 is 0. The molecule has 1 aliphatic carbocycles. The van der Waals surface area contributed by atoms with Crippen molar-refractivity contribution < 1.29 is 14.7 Å². The van der Waals surface area contributed by atoms with Gasteiger partial charge in [0.05, 0.1) is 5.92 Å². The van der Waals surface area contributed by atoms with E-state index >= 15 is 0 Å². The number of carboxylic acids is 1. The van der Waals surface area contributed by atoms with E-state index in [0.717, 1.165) is 18.6 Å². The first-order valence-corrected chi connectivity index (χ1v) is 8.33. The minimum Gasteiger partial charge on any atom is -0.481 e. The predicted molar refractivity (Wildman–Crippen MR) is 83.3 cm³/mol.